The van der Waals surface area contributed by atoms with Crippen molar-refractivity contribution in [1.29, 1.82) is 0 Å². The van der Waals surface area contributed by atoms with Gasteiger partial charge in [0.2, 0.25) is 0 Å². The number of fused-ring (bicyclic) bond motifs is 1. The highest BCUT2D eigenvalue weighted by Gasteiger charge is 2.28. The van der Waals surface area contributed by atoms with Crippen LogP contribution in [0.25, 0.3) is 11.4 Å². The minimum absolute atomic E-state index is 0.431. The van der Waals surface area contributed by atoms with E-state index in [0.29, 0.717) is 6.04 Å². The molecular formula is C19H19N3S2. The predicted molar refractivity (Wildman–Crippen MR) is 102 cm³/mol. The third kappa shape index (κ3) is 2.98. The molecule has 0 bridgehead atoms. The summed E-state index contributed by atoms with van der Waals surface area (Å²) in [5.41, 5.74) is 3.82. The molecule has 1 aliphatic rings. The van der Waals surface area contributed by atoms with E-state index in [0.717, 1.165) is 28.0 Å². The second kappa shape index (κ2) is 6.65. The summed E-state index contributed by atoms with van der Waals surface area (Å²) in [4.78, 5) is 1.37. The van der Waals surface area contributed by atoms with Crippen LogP contribution in [0.4, 0.5) is 0 Å². The normalized spacial score (nSPS) is 16.3. The fraction of sp³-hybridized carbons (Fsp3) is 0.263. The van der Waals surface area contributed by atoms with Gasteiger partial charge in [0, 0.05) is 22.0 Å². The van der Waals surface area contributed by atoms with Gasteiger partial charge in [0.15, 0.2) is 11.0 Å². The highest BCUT2D eigenvalue weighted by atomic mass is 32.2. The zero-order chi connectivity index (χ0) is 16.5. The van der Waals surface area contributed by atoms with Crippen LogP contribution in [0.2, 0.25) is 0 Å². The quantitative estimate of drug-likeness (QED) is 0.618. The van der Waals surface area contributed by atoms with E-state index in [-0.39, 0.29) is 0 Å². The lowest BCUT2D eigenvalue weighted by atomic mass is 10.2. The van der Waals surface area contributed by atoms with E-state index in [1.54, 1.807) is 0 Å². The molecule has 24 heavy (non-hydrogen) atoms. The van der Waals surface area contributed by atoms with Crippen LogP contribution in [0, 0.1) is 13.8 Å². The van der Waals surface area contributed by atoms with Crippen molar-refractivity contribution in [2.24, 2.45) is 0 Å². The third-order valence-electron chi connectivity index (χ3n) is 4.23. The van der Waals surface area contributed by atoms with Gasteiger partial charge < -0.3 is 0 Å². The van der Waals surface area contributed by atoms with Crippen molar-refractivity contribution in [3.8, 4) is 11.4 Å². The molecule has 0 saturated heterocycles. The lowest BCUT2D eigenvalue weighted by Crippen LogP contribution is -2.11. The molecule has 1 aromatic heterocycles. The van der Waals surface area contributed by atoms with Crippen molar-refractivity contribution in [1.82, 2.24) is 14.8 Å². The molecule has 0 aliphatic carbocycles. The SMILES string of the molecule is Cc1ccc(SCC2CSc3nnc(-c4ccccc4)n32)c(C)c1. The van der Waals surface area contributed by atoms with E-state index in [2.05, 4.69) is 71.1 Å². The lowest BCUT2D eigenvalue weighted by Gasteiger charge is -2.15. The Morgan fingerprint density at radius 2 is 1.96 bits per heavy atom. The molecule has 1 unspecified atom stereocenters. The lowest BCUT2D eigenvalue weighted by molar-refractivity contribution is 0.597. The molecule has 1 atom stereocenters. The molecule has 0 amide bonds. The van der Waals surface area contributed by atoms with Gasteiger partial charge >= 0.3 is 0 Å². The van der Waals surface area contributed by atoms with Gasteiger partial charge in [0.25, 0.3) is 0 Å². The maximum Gasteiger partial charge on any atom is 0.191 e. The highest BCUT2D eigenvalue weighted by molar-refractivity contribution is 8.00. The minimum atomic E-state index is 0.431. The zero-order valence-electron chi connectivity index (χ0n) is 13.8. The van der Waals surface area contributed by atoms with Crippen molar-refractivity contribution in [2.45, 2.75) is 29.9 Å². The first kappa shape index (κ1) is 15.8. The van der Waals surface area contributed by atoms with Crippen molar-refractivity contribution >= 4 is 23.5 Å². The summed E-state index contributed by atoms with van der Waals surface area (Å²) in [6.45, 7) is 4.34. The average Bonchev–Trinajstić information content (AvgIpc) is 3.17. The molecule has 1 aliphatic heterocycles. The van der Waals surface area contributed by atoms with Gasteiger partial charge in [-0.2, -0.15) is 0 Å². The predicted octanol–water partition coefficient (Wildman–Crippen LogP) is 5.00. The molecule has 3 nitrogen and oxygen atoms in total. The van der Waals surface area contributed by atoms with E-state index in [1.807, 2.05) is 29.6 Å². The second-order valence-electron chi connectivity index (χ2n) is 6.09. The minimum Gasteiger partial charge on any atom is -0.297 e. The summed E-state index contributed by atoms with van der Waals surface area (Å²) in [7, 11) is 0. The number of aryl methyl sites for hydroxylation is 2. The summed E-state index contributed by atoms with van der Waals surface area (Å²) in [5.74, 6) is 3.10. The molecule has 4 rings (SSSR count). The van der Waals surface area contributed by atoms with Gasteiger partial charge in [-0.3, -0.25) is 4.57 Å². The fourth-order valence-corrected chi connectivity index (χ4v) is 5.32. The standard InChI is InChI=1S/C19H19N3S2/c1-13-8-9-17(14(2)10-13)23-11-16-12-24-19-21-20-18(22(16)19)15-6-4-3-5-7-15/h3-10,16H,11-12H2,1-2H3. The van der Waals surface area contributed by atoms with E-state index in [4.69, 9.17) is 0 Å². The van der Waals surface area contributed by atoms with Crippen LogP contribution in [0.1, 0.15) is 17.2 Å². The topological polar surface area (TPSA) is 30.7 Å². The van der Waals surface area contributed by atoms with Crippen LogP contribution >= 0.6 is 23.5 Å². The van der Waals surface area contributed by atoms with Crippen LogP contribution in [0.3, 0.4) is 0 Å². The summed E-state index contributed by atoms with van der Waals surface area (Å²) in [6, 6.07) is 17.5. The van der Waals surface area contributed by atoms with Crippen molar-refractivity contribution in [3.63, 3.8) is 0 Å². The van der Waals surface area contributed by atoms with Crippen molar-refractivity contribution in [3.05, 3.63) is 59.7 Å². The molecule has 0 fully saturated rings. The number of aromatic nitrogens is 3. The number of hydrogen-bond acceptors (Lipinski definition) is 4. The van der Waals surface area contributed by atoms with Crippen LogP contribution < -0.4 is 0 Å². The summed E-state index contributed by atoms with van der Waals surface area (Å²) < 4.78 is 2.32. The first-order valence-electron chi connectivity index (χ1n) is 8.05. The Kier molecular flexibility index (Phi) is 4.37. The largest absolute Gasteiger partial charge is 0.297 e. The van der Waals surface area contributed by atoms with E-state index in [1.165, 1.54) is 16.0 Å². The van der Waals surface area contributed by atoms with Crippen LogP contribution in [-0.2, 0) is 0 Å². The molecule has 5 heteroatoms. The smallest absolute Gasteiger partial charge is 0.191 e. The molecule has 3 aromatic rings. The average molecular weight is 354 g/mol. The fourth-order valence-electron chi connectivity index (χ4n) is 3.00. The van der Waals surface area contributed by atoms with Gasteiger partial charge in [-0.1, -0.05) is 59.8 Å². The van der Waals surface area contributed by atoms with Gasteiger partial charge in [0.05, 0.1) is 6.04 Å². The number of hydrogen-bond donors (Lipinski definition) is 0. The highest BCUT2D eigenvalue weighted by Crippen LogP contribution is 2.39. The molecule has 0 radical (unpaired) electrons. The Morgan fingerprint density at radius 1 is 1.12 bits per heavy atom. The van der Waals surface area contributed by atoms with Crippen LogP contribution in [0.5, 0.6) is 0 Å². The van der Waals surface area contributed by atoms with Crippen LogP contribution in [-0.4, -0.2) is 26.3 Å². The van der Waals surface area contributed by atoms with Gasteiger partial charge in [-0.05, 0) is 25.5 Å². The summed E-state index contributed by atoms with van der Waals surface area (Å²) >= 11 is 3.74. The number of benzene rings is 2. The molecule has 2 aromatic carbocycles. The summed E-state index contributed by atoms with van der Waals surface area (Å²) in [5, 5.41) is 9.84. The Labute approximate surface area is 150 Å². The van der Waals surface area contributed by atoms with Crippen molar-refractivity contribution in [2.75, 3.05) is 11.5 Å². The molecular weight excluding hydrogens is 334 g/mol. The Bertz CT molecular complexity index is 858. The number of rotatable bonds is 4. The number of nitrogens with zero attached hydrogens (tertiary/aromatic N) is 3. The Balaban J connectivity index is 1.57. The maximum absolute atomic E-state index is 4.43. The maximum atomic E-state index is 4.43. The molecule has 122 valence electrons. The molecule has 2 heterocycles. The van der Waals surface area contributed by atoms with E-state index < -0.39 is 0 Å². The van der Waals surface area contributed by atoms with Crippen molar-refractivity contribution < 1.29 is 0 Å². The molecule has 0 saturated carbocycles. The molecule has 0 N–H and O–H groups in total. The van der Waals surface area contributed by atoms with Crippen LogP contribution in [0.15, 0.2) is 58.6 Å². The first-order valence-corrected chi connectivity index (χ1v) is 10.0. The van der Waals surface area contributed by atoms with Gasteiger partial charge in [0.1, 0.15) is 0 Å². The van der Waals surface area contributed by atoms with Gasteiger partial charge in [-0.25, -0.2) is 0 Å². The number of thioether (sulfide) groups is 2. The molecule has 0 spiro atoms. The first-order chi connectivity index (χ1) is 11.7. The zero-order valence-corrected chi connectivity index (χ0v) is 15.4. The third-order valence-corrected chi connectivity index (χ3v) is 6.64. The second-order valence-corrected chi connectivity index (χ2v) is 8.14. The van der Waals surface area contributed by atoms with E-state index in [9.17, 15) is 0 Å². The van der Waals surface area contributed by atoms with E-state index >= 15 is 0 Å². The Hall–Kier alpha value is -1.72. The monoisotopic (exact) mass is 353 g/mol. The van der Waals surface area contributed by atoms with Gasteiger partial charge in [-0.15, -0.1) is 22.0 Å². The Morgan fingerprint density at radius 3 is 2.75 bits per heavy atom. The summed E-state index contributed by atoms with van der Waals surface area (Å²) in [6.07, 6.45) is 0.